The third-order valence-electron chi connectivity index (χ3n) is 5.26. The van der Waals surface area contributed by atoms with Gasteiger partial charge in [0.05, 0.1) is 6.54 Å². The van der Waals surface area contributed by atoms with Crippen LogP contribution < -0.4 is 0 Å². The van der Waals surface area contributed by atoms with E-state index >= 15 is 0 Å². The van der Waals surface area contributed by atoms with Gasteiger partial charge in [-0.15, -0.1) is 11.8 Å². The highest BCUT2D eigenvalue weighted by Crippen LogP contribution is 2.33. The molecule has 3 nitrogen and oxygen atoms in total. The van der Waals surface area contributed by atoms with Gasteiger partial charge in [-0.1, -0.05) is 36.4 Å². The van der Waals surface area contributed by atoms with Crippen molar-refractivity contribution in [1.29, 1.82) is 0 Å². The number of hydrogen-bond acceptors (Lipinski definition) is 3. The van der Waals surface area contributed by atoms with Crippen LogP contribution in [0, 0.1) is 0 Å². The molecular formula is C22H28N2OS. The molecule has 1 aliphatic carbocycles. The molecule has 0 saturated heterocycles. The van der Waals surface area contributed by atoms with Crippen LogP contribution in [0.2, 0.25) is 0 Å². The lowest BCUT2D eigenvalue weighted by molar-refractivity contribution is -0.131. The van der Waals surface area contributed by atoms with Crippen LogP contribution in [0.4, 0.5) is 0 Å². The largest absolute Gasteiger partial charge is 0.340 e. The number of hydrogen-bond donors (Lipinski definition) is 0. The van der Waals surface area contributed by atoms with E-state index in [-0.39, 0.29) is 5.91 Å². The van der Waals surface area contributed by atoms with Gasteiger partial charge in [0.25, 0.3) is 0 Å². The minimum absolute atomic E-state index is 0.171. The van der Waals surface area contributed by atoms with Crippen molar-refractivity contribution in [3.05, 3.63) is 65.2 Å². The highest BCUT2D eigenvalue weighted by Gasteiger charge is 2.25. The zero-order chi connectivity index (χ0) is 18.5. The summed E-state index contributed by atoms with van der Waals surface area (Å²) >= 11 is 1.73. The molecule has 4 heteroatoms. The second kappa shape index (κ2) is 8.74. The van der Waals surface area contributed by atoms with Crippen molar-refractivity contribution < 1.29 is 4.79 Å². The van der Waals surface area contributed by atoms with Crippen LogP contribution in [0.15, 0.2) is 53.4 Å². The monoisotopic (exact) mass is 368 g/mol. The number of amides is 1. The molecule has 0 N–H and O–H groups in total. The molecule has 0 heterocycles. The lowest BCUT2D eigenvalue weighted by Crippen LogP contribution is -2.38. The Bertz CT molecular complexity index is 744. The SMILES string of the molecule is CSc1ccc(CN(C)C(=O)CN(C)[C@H]2CCCc3ccccc32)cc1. The molecule has 0 fully saturated rings. The van der Waals surface area contributed by atoms with Crippen LogP contribution in [0.3, 0.4) is 0 Å². The summed E-state index contributed by atoms with van der Waals surface area (Å²) in [7, 11) is 3.97. The molecule has 26 heavy (non-hydrogen) atoms. The van der Waals surface area contributed by atoms with Crippen LogP contribution in [0.1, 0.15) is 35.6 Å². The first-order valence-corrected chi connectivity index (χ1v) is 10.5. The Labute approximate surface area is 161 Å². The molecule has 2 aromatic carbocycles. The Balaban J connectivity index is 1.60. The third-order valence-corrected chi connectivity index (χ3v) is 6.00. The molecule has 0 radical (unpaired) electrons. The average Bonchev–Trinajstić information content (AvgIpc) is 2.68. The molecule has 1 atom stereocenters. The Morgan fingerprint density at radius 3 is 2.58 bits per heavy atom. The summed E-state index contributed by atoms with van der Waals surface area (Å²) in [5.41, 5.74) is 4.00. The van der Waals surface area contributed by atoms with E-state index in [9.17, 15) is 4.79 Å². The molecule has 1 amide bonds. The van der Waals surface area contributed by atoms with E-state index in [1.807, 2.05) is 11.9 Å². The fraction of sp³-hybridized carbons (Fsp3) is 0.409. The number of likely N-dealkylation sites (N-methyl/N-ethyl adjacent to an activating group) is 2. The molecule has 3 rings (SSSR count). The zero-order valence-corrected chi connectivity index (χ0v) is 16.8. The topological polar surface area (TPSA) is 23.6 Å². The van der Waals surface area contributed by atoms with Gasteiger partial charge < -0.3 is 4.90 Å². The van der Waals surface area contributed by atoms with Gasteiger partial charge in [0, 0.05) is 24.5 Å². The van der Waals surface area contributed by atoms with Crippen molar-refractivity contribution in [2.24, 2.45) is 0 Å². The molecular weight excluding hydrogens is 340 g/mol. The first kappa shape index (κ1) is 19.0. The van der Waals surface area contributed by atoms with Gasteiger partial charge in [-0.3, -0.25) is 9.69 Å². The maximum Gasteiger partial charge on any atom is 0.236 e. The smallest absolute Gasteiger partial charge is 0.236 e. The van der Waals surface area contributed by atoms with Crippen molar-refractivity contribution in [1.82, 2.24) is 9.80 Å². The molecule has 0 spiro atoms. The van der Waals surface area contributed by atoms with Gasteiger partial charge in [0.15, 0.2) is 0 Å². The Kier molecular flexibility index (Phi) is 6.38. The number of carbonyl (C=O) groups is 1. The van der Waals surface area contributed by atoms with Gasteiger partial charge in [-0.25, -0.2) is 0 Å². The fourth-order valence-electron chi connectivity index (χ4n) is 3.72. The maximum atomic E-state index is 12.7. The summed E-state index contributed by atoms with van der Waals surface area (Å²) in [6.45, 7) is 1.11. The van der Waals surface area contributed by atoms with E-state index < -0.39 is 0 Å². The molecule has 0 saturated carbocycles. The quantitative estimate of drug-likeness (QED) is 0.707. The van der Waals surface area contributed by atoms with Crippen molar-refractivity contribution in [2.75, 3.05) is 26.9 Å². The molecule has 1 aliphatic rings. The Morgan fingerprint density at radius 2 is 1.85 bits per heavy atom. The Morgan fingerprint density at radius 1 is 1.12 bits per heavy atom. The first-order chi connectivity index (χ1) is 12.6. The highest BCUT2D eigenvalue weighted by molar-refractivity contribution is 7.98. The second-order valence-electron chi connectivity index (χ2n) is 7.12. The number of carbonyl (C=O) groups excluding carboxylic acids is 1. The molecule has 0 aromatic heterocycles. The number of nitrogens with zero attached hydrogens (tertiary/aromatic N) is 2. The van der Waals surface area contributed by atoms with E-state index in [0.717, 1.165) is 12.8 Å². The van der Waals surface area contributed by atoms with Crippen LogP contribution in [0.5, 0.6) is 0 Å². The predicted octanol–water partition coefficient (Wildman–Crippen LogP) is 4.38. The van der Waals surface area contributed by atoms with Gasteiger partial charge in [0.1, 0.15) is 0 Å². The minimum atomic E-state index is 0.171. The molecule has 0 bridgehead atoms. The van der Waals surface area contributed by atoms with Gasteiger partial charge >= 0.3 is 0 Å². The van der Waals surface area contributed by atoms with Crippen molar-refractivity contribution >= 4 is 17.7 Å². The number of thioether (sulfide) groups is 1. The van der Waals surface area contributed by atoms with Crippen LogP contribution >= 0.6 is 11.8 Å². The first-order valence-electron chi connectivity index (χ1n) is 9.23. The van der Waals surface area contributed by atoms with Gasteiger partial charge in [0.2, 0.25) is 5.91 Å². The number of rotatable bonds is 6. The van der Waals surface area contributed by atoms with Gasteiger partial charge in [-0.2, -0.15) is 0 Å². The van der Waals surface area contributed by atoms with E-state index in [1.54, 1.807) is 11.8 Å². The summed E-state index contributed by atoms with van der Waals surface area (Å²) in [4.78, 5) is 18.0. The van der Waals surface area contributed by atoms with Crippen LogP contribution in [-0.4, -0.2) is 42.6 Å². The Hall–Kier alpha value is -1.78. The van der Waals surface area contributed by atoms with Crippen molar-refractivity contribution in [2.45, 2.75) is 36.7 Å². The van der Waals surface area contributed by atoms with Crippen LogP contribution in [0.25, 0.3) is 0 Å². The minimum Gasteiger partial charge on any atom is -0.340 e. The fourth-order valence-corrected chi connectivity index (χ4v) is 4.13. The van der Waals surface area contributed by atoms with Gasteiger partial charge in [-0.05, 0) is 61.4 Å². The molecule has 0 unspecified atom stereocenters. The van der Waals surface area contributed by atoms with E-state index in [1.165, 1.54) is 28.0 Å². The number of benzene rings is 2. The van der Waals surface area contributed by atoms with Crippen LogP contribution in [-0.2, 0) is 17.8 Å². The number of fused-ring (bicyclic) bond motifs is 1. The van der Waals surface area contributed by atoms with E-state index in [4.69, 9.17) is 0 Å². The summed E-state index contributed by atoms with van der Waals surface area (Å²) < 4.78 is 0. The highest BCUT2D eigenvalue weighted by atomic mass is 32.2. The third kappa shape index (κ3) is 4.49. The van der Waals surface area contributed by atoms with Crippen molar-refractivity contribution in [3.63, 3.8) is 0 Å². The van der Waals surface area contributed by atoms with Crippen molar-refractivity contribution in [3.8, 4) is 0 Å². The average molecular weight is 369 g/mol. The van der Waals surface area contributed by atoms with E-state index in [2.05, 4.69) is 66.7 Å². The number of aryl methyl sites for hydroxylation is 1. The lowest BCUT2D eigenvalue weighted by Gasteiger charge is -2.33. The molecule has 0 aliphatic heterocycles. The molecule has 138 valence electrons. The standard InChI is InChI=1S/C22H28N2OS/c1-23(21-10-6-8-18-7-4-5-9-20(18)21)16-22(25)24(2)15-17-11-13-19(26-3)14-12-17/h4-5,7,9,11-14,21H,6,8,10,15-16H2,1-3H3/t21-/m0/s1. The summed E-state index contributed by atoms with van der Waals surface area (Å²) in [5, 5.41) is 0. The maximum absolute atomic E-state index is 12.7. The summed E-state index contributed by atoms with van der Waals surface area (Å²) in [6.07, 6.45) is 5.54. The lowest BCUT2D eigenvalue weighted by atomic mass is 9.87. The molecule has 2 aromatic rings. The normalized spacial score (nSPS) is 16.4. The second-order valence-corrected chi connectivity index (χ2v) is 8.00. The zero-order valence-electron chi connectivity index (χ0n) is 15.9. The predicted molar refractivity (Wildman–Crippen MR) is 109 cm³/mol. The van der Waals surface area contributed by atoms with E-state index in [0.29, 0.717) is 19.1 Å². The summed E-state index contributed by atoms with van der Waals surface area (Å²) in [5.74, 6) is 0.171. The summed E-state index contributed by atoms with van der Waals surface area (Å²) in [6, 6.07) is 17.5.